The van der Waals surface area contributed by atoms with Crippen LogP contribution >= 0.6 is 0 Å². The molecule has 0 spiro atoms. The zero-order valence-corrected chi connectivity index (χ0v) is 11.9. The van der Waals surface area contributed by atoms with Crippen molar-refractivity contribution in [1.29, 1.82) is 0 Å². The molecule has 8 heteroatoms. The maximum Gasteiger partial charge on any atom is 0.348 e. The Kier molecular flexibility index (Phi) is 3.70. The molecule has 0 aliphatic rings. The van der Waals surface area contributed by atoms with Gasteiger partial charge in [0.25, 0.3) is 0 Å². The van der Waals surface area contributed by atoms with Crippen LogP contribution in [-0.4, -0.2) is 24.8 Å². The van der Waals surface area contributed by atoms with Crippen LogP contribution in [0.25, 0.3) is 0 Å². The van der Waals surface area contributed by atoms with Crippen molar-refractivity contribution < 1.29 is 9.72 Å². The van der Waals surface area contributed by atoms with Crippen LogP contribution in [0.2, 0.25) is 0 Å². The largest absolute Gasteiger partial charge is 0.351 e. The van der Waals surface area contributed by atoms with Gasteiger partial charge >= 0.3 is 11.4 Å². The van der Waals surface area contributed by atoms with Crippen molar-refractivity contribution in [2.75, 3.05) is 0 Å². The maximum atomic E-state index is 12.3. The third-order valence-electron chi connectivity index (χ3n) is 3.44. The summed E-state index contributed by atoms with van der Waals surface area (Å²) >= 11 is 0. The van der Waals surface area contributed by atoms with Gasteiger partial charge in [-0.2, -0.15) is 4.98 Å². The van der Waals surface area contributed by atoms with Gasteiger partial charge in [-0.3, -0.25) is 19.5 Å². The number of ketones is 1. The summed E-state index contributed by atoms with van der Waals surface area (Å²) in [4.78, 5) is 37.3. The van der Waals surface area contributed by atoms with Gasteiger partial charge in [-0.1, -0.05) is 0 Å². The fourth-order valence-corrected chi connectivity index (χ4v) is 2.03. The van der Waals surface area contributed by atoms with Gasteiger partial charge in [0.05, 0.1) is 17.7 Å². The molecule has 8 nitrogen and oxygen atoms in total. The normalized spacial score (nSPS) is 10.6. The predicted molar refractivity (Wildman–Crippen MR) is 74.4 cm³/mol. The van der Waals surface area contributed by atoms with Crippen LogP contribution in [0.4, 0.5) is 5.69 Å². The van der Waals surface area contributed by atoms with Gasteiger partial charge < -0.3 is 4.57 Å². The van der Waals surface area contributed by atoms with Crippen LogP contribution in [0.5, 0.6) is 0 Å². The van der Waals surface area contributed by atoms with Crippen LogP contribution in [-0.2, 0) is 13.6 Å². The fraction of sp³-hybridized carbons (Fsp3) is 0.308. The molecule has 0 saturated carbocycles. The van der Waals surface area contributed by atoms with Crippen molar-refractivity contribution in [3.05, 3.63) is 56.0 Å². The number of nitro groups is 1. The summed E-state index contributed by atoms with van der Waals surface area (Å²) in [6, 6.07) is 1.73. The number of carbonyl (C=O) groups excluding carboxylic acids is 1. The van der Waals surface area contributed by atoms with E-state index in [0.717, 1.165) is 28.3 Å². The Morgan fingerprint density at radius 1 is 1.43 bits per heavy atom. The summed E-state index contributed by atoms with van der Waals surface area (Å²) in [5, 5.41) is 10.7. The Morgan fingerprint density at radius 3 is 2.62 bits per heavy atom. The molecule has 2 aromatic rings. The molecule has 0 amide bonds. The Labute approximate surface area is 119 Å². The van der Waals surface area contributed by atoms with E-state index in [9.17, 15) is 19.7 Å². The maximum absolute atomic E-state index is 12.3. The molecule has 0 aliphatic heterocycles. The smallest absolute Gasteiger partial charge is 0.348 e. The highest BCUT2D eigenvalue weighted by atomic mass is 16.6. The lowest BCUT2D eigenvalue weighted by molar-refractivity contribution is -0.385. The average Bonchev–Trinajstić information content (AvgIpc) is 2.68. The lowest BCUT2D eigenvalue weighted by atomic mass is 10.1. The molecule has 0 N–H and O–H groups in total. The standard InChI is InChI=1S/C13H14N4O4/c1-8-4-11(9(2)15(8)3)12(18)7-16-6-10(17(20)21)5-14-13(16)19/h4-6H,7H2,1-3H3. The van der Waals surface area contributed by atoms with Crippen molar-refractivity contribution in [1.82, 2.24) is 14.1 Å². The molecule has 0 saturated heterocycles. The molecule has 0 bridgehead atoms. The van der Waals surface area contributed by atoms with Crippen LogP contribution in [0.1, 0.15) is 21.7 Å². The minimum absolute atomic E-state index is 0.280. The summed E-state index contributed by atoms with van der Waals surface area (Å²) in [6.45, 7) is 3.39. The molecule has 2 heterocycles. The van der Waals surface area contributed by atoms with Crippen LogP contribution in [0.3, 0.4) is 0 Å². The second kappa shape index (κ2) is 5.31. The first-order chi connectivity index (χ1) is 9.81. The minimum Gasteiger partial charge on any atom is -0.351 e. The van der Waals surface area contributed by atoms with Crippen LogP contribution < -0.4 is 5.69 Å². The Balaban J connectivity index is 2.35. The van der Waals surface area contributed by atoms with E-state index in [0.29, 0.717) is 5.56 Å². The second-order valence-corrected chi connectivity index (χ2v) is 4.75. The van der Waals surface area contributed by atoms with Crippen molar-refractivity contribution in [3.8, 4) is 0 Å². The van der Waals surface area contributed by atoms with E-state index in [-0.39, 0.29) is 18.0 Å². The third-order valence-corrected chi connectivity index (χ3v) is 3.44. The summed E-state index contributed by atoms with van der Waals surface area (Å²) in [7, 11) is 1.84. The van der Waals surface area contributed by atoms with Crippen molar-refractivity contribution in [3.63, 3.8) is 0 Å². The average molecular weight is 290 g/mol. The highest BCUT2D eigenvalue weighted by Gasteiger charge is 2.17. The first kappa shape index (κ1) is 14.6. The van der Waals surface area contributed by atoms with E-state index in [4.69, 9.17) is 0 Å². The zero-order valence-electron chi connectivity index (χ0n) is 11.9. The topological polar surface area (TPSA) is 100 Å². The summed E-state index contributed by atoms with van der Waals surface area (Å²) in [6.07, 6.45) is 1.90. The van der Waals surface area contributed by atoms with Crippen molar-refractivity contribution in [2.24, 2.45) is 7.05 Å². The molecule has 0 aliphatic carbocycles. The van der Waals surface area contributed by atoms with Crippen LogP contribution in [0.15, 0.2) is 23.3 Å². The first-order valence-corrected chi connectivity index (χ1v) is 6.18. The van der Waals surface area contributed by atoms with Crippen LogP contribution in [0, 0.1) is 24.0 Å². The number of Topliss-reactive ketones (excluding diaryl/α,β-unsaturated/α-hetero) is 1. The van der Waals surface area contributed by atoms with Gasteiger partial charge in [0.2, 0.25) is 0 Å². The van der Waals surface area contributed by atoms with Gasteiger partial charge in [0.15, 0.2) is 5.78 Å². The van der Waals surface area contributed by atoms with Gasteiger partial charge in [-0.15, -0.1) is 0 Å². The summed E-state index contributed by atoms with van der Waals surface area (Å²) < 4.78 is 2.81. The van der Waals surface area contributed by atoms with Gasteiger partial charge in [-0.05, 0) is 19.9 Å². The Bertz CT molecular complexity index is 788. The highest BCUT2D eigenvalue weighted by molar-refractivity contribution is 5.97. The number of aryl methyl sites for hydroxylation is 1. The van der Waals surface area contributed by atoms with Gasteiger partial charge in [-0.25, -0.2) is 4.79 Å². The molecule has 2 rings (SSSR count). The van der Waals surface area contributed by atoms with E-state index in [2.05, 4.69) is 4.98 Å². The van der Waals surface area contributed by atoms with E-state index in [1.807, 2.05) is 18.5 Å². The lowest BCUT2D eigenvalue weighted by Gasteiger charge is -2.04. The monoisotopic (exact) mass is 290 g/mol. The zero-order chi connectivity index (χ0) is 15.7. The molecule has 0 fully saturated rings. The van der Waals surface area contributed by atoms with Gasteiger partial charge in [0.1, 0.15) is 6.20 Å². The quantitative estimate of drug-likeness (QED) is 0.475. The highest BCUT2D eigenvalue weighted by Crippen LogP contribution is 2.14. The molecule has 2 aromatic heterocycles. The molecule has 110 valence electrons. The summed E-state index contributed by atoms with van der Waals surface area (Å²) in [5.74, 6) is -0.291. The summed E-state index contributed by atoms with van der Waals surface area (Å²) in [5.41, 5.74) is 1.17. The van der Waals surface area contributed by atoms with E-state index in [1.165, 1.54) is 0 Å². The van der Waals surface area contributed by atoms with E-state index in [1.54, 1.807) is 13.0 Å². The number of hydrogen-bond acceptors (Lipinski definition) is 5. The SMILES string of the molecule is Cc1cc(C(=O)Cn2cc([N+](=O)[O-])cnc2=O)c(C)n1C. The molecular weight excluding hydrogens is 276 g/mol. The van der Waals surface area contributed by atoms with Crippen molar-refractivity contribution in [2.45, 2.75) is 20.4 Å². The molecule has 0 radical (unpaired) electrons. The van der Waals surface area contributed by atoms with E-state index >= 15 is 0 Å². The molecule has 0 atom stereocenters. The second-order valence-electron chi connectivity index (χ2n) is 4.75. The number of hydrogen-bond donors (Lipinski definition) is 0. The fourth-order valence-electron chi connectivity index (χ4n) is 2.03. The molecule has 0 aromatic carbocycles. The number of rotatable bonds is 4. The Morgan fingerprint density at radius 2 is 2.10 bits per heavy atom. The van der Waals surface area contributed by atoms with E-state index < -0.39 is 10.6 Å². The molecule has 21 heavy (non-hydrogen) atoms. The van der Waals surface area contributed by atoms with Crippen molar-refractivity contribution >= 4 is 11.5 Å². The Hall–Kier alpha value is -2.77. The first-order valence-electron chi connectivity index (χ1n) is 6.18. The lowest BCUT2D eigenvalue weighted by Crippen LogP contribution is -2.26. The number of nitrogens with zero attached hydrogens (tertiary/aromatic N) is 4. The predicted octanol–water partition coefficient (Wildman–Crippen LogP) is 0.990. The number of aromatic nitrogens is 3. The molecular formula is C13H14N4O4. The third kappa shape index (κ3) is 2.73. The molecule has 0 unspecified atom stereocenters. The number of carbonyl (C=O) groups is 1. The minimum atomic E-state index is -0.695. The van der Waals surface area contributed by atoms with Gasteiger partial charge in [0, 0.05) is 24.0 Å².